The van der Waals surface area contributed by atoms with Crippen molar-refractivity contribution < 1.29 is 4.48 Å². The second-order valence-electron chi connectivity index (χ2n) is 3.08. The molecule has 3 aromatic rings. The quantitative estimate of drug-likeness (QED) is 0.543. The smallest absolute Gasteiger partial charge is 0.251 e. The van der Waals surface area contributed by atoms with Crippen LogP contribution < -0.4 is 5.69 Å². The number of fused-ring (bicyclic) bond motifs is 3. The summed E-state index contributed by atoms with van der Waals surface area (Å²) < 4.78 is 14.1. The van der Waals surface area contributed by atoms with Crippen LogP contribution in [-0.4, -0.2) is 19.4 Å². The lowest BCUT2D eigenvalue weighted by Crippen LogP contribution is -2.15. The minimum atomic E-state index is -0.816. The van der Waals surface area contributed by atoms with Crippen LogP contribution in [0.3, 0.4) is 0 Å². The lowest BCUT2D eigenvalue weighted by molar-refractivity contribution is 0.303. The molecule has 0 bridgehead atoms. The fraction of sp³-hybridized carbons (Fsp3) is 0. The summed E-state index contributed by atoms with van der Waals surface area (Å²) in [6.07, 6.45) is 1.36. The molecule has 0 fully saturated rings. The first-order valence-electron chi connectivity index (χ1n) is 4.29. The Balaban J connectivity index is 2.70. The van der Waals surface area contributed by atoms with Crippen LogP contribution in [0.5, 0.6) is 0 Å². The van der Waals surface area contributed by atoms with Crippen molar-refractivity contribution in [2.45, 2.75) is 0 Å². The summed E-state index contributed by atoms with van der Waals surface area (Å²) in [6, 6.07) is 6.99. The standard InChI is InChI=1S/C9H5FN4O/c10-14-9(15)13-7-4-2-1-3-6(7)11-5-8(13)12-14/h1-5H. The zero-order valence-corrected chi connectivity index (χ0v) is 7.46. The topological polar surface area (TPSA) is 52.2 Å². The zero-order chi connectivity index (χ0) is 10.4. The van der Waals surface area contributed by atoms with Gasteiger partial charge in [0.15, 0.2) is 5.65 Å². The van der Waals surface area contributed by atoms with E-state index in [9.17, 15) is 9.28 Å². The average molecular weight is 204 g/mol. The summed E-state index contributed by atoms with van der Waals surface area (Å²) in [4.78, 5) is 15.3. The van der Waals surface area contributed by atoms with Gasteiger partial charge >= 0.3 is 5.69 Å². The summed E-state index contributed by atoms with van der Waals surface area (Å²) >= 11 is 0. The highest BCUT2D eigenvalue weighted by Gasteiger charge is 2.09. The van der Waals surface area contributed by atoms with Gasteiger partial charge in [-0.1, -0.05) is 16.6 Å². The molecular weight excluding hydrogens is 199 g/mol. The number of hydrogen-bond acceptors (Lipinski definition) is 3. The summed E-state index contributed by atoms with van der Waals surface area (Å²) in [7, 11) is 0. The van der Waals surface area contributed by atoms with Crippen LogP contribution >= 0.6 is 0 Å². The molecule has 6 heteroatoms. The van der Waals surface area contributed by atoms with E-state index in [2.05, 4.69) is 10.1 Å². The number of halogens is 1. The van der Waals surface area contributed by atoms with Crippen LogP contribution in [0.25, 0.3) is 16.7 Å². The van der Waals surface area contributed by atoms with Crippen LogP contribution in [0.15, 0.2) is 35.3 Å². The van der Waals surface area contributed by atoms with Gasteiger partial charge in [-0.25, -0.2) is 9.20 Å². The third-order valence-corrected chi connectivity index (χ3v) is 2.21. The second-order valence-corrected chi connectivity index (χ2v) is 3.08. The molecule has 0 amide bonds. The monoisotopic (exact) mass is 204 g/mol. The molecule has 0 atom stereocenters. The molecule has 0 N–H and O–H groups in total. The third-order valence-electron chi connectivity index (χ3n) is 2.21. The van der Waals surface area contributed by atoms with E-state index in [1.807, 2.05) is 0 Å². The average Bonchev–Trinajstić information content (AvgIpc) is 2.55. The first-order chi connectivity index (χ1) is 7.27. The zero-order valence-electron chi connectivity index (χ0n) is 7.46. The van der Waals surface area contributed by atoms with E-state index in [-0.39, 0.29) is 10.6 Å². The Labute approximate surface area is 82.3 Å². The van der Waals surface area contributed by atoms with Gasteiger partial charge in [0.2, 0.25) is 0 Å². The van der Waals surface area contributed by atoms with Crippen LogP contribution in [0.2, 0.25) is 0 Å². The number of para-hydroxylation sites is 2. The van der Waals surface area contributed by atoms with Gasteiger partial charge in [-0.2, -0.15) is 0 Å². The van der Waals surface area contributed by atoms with Crippen molar-refractivity contribution >= 4 is 16.7 Å². The van der Waals surface area contributed by atoms with Crippen LogP contribution in [-0.2, 0) is 0 Å². The molecule has 0 aliphatic heterocycles. The van der Waals surface area contributed by atoms with E-state index in [0.717, 1.165) is 0 Å². The Bertz CT molecular complexity index is 715. The molecule has 2 aromatic heterocycles. The molecule has 0 saturated carbocycles. The highest BCUT2D eigenvalue weighted by atomic mass is 19.2. The Kier molecular flexibility index (Phi) is 1.42. The van der Waals surface area contributed by atoms with Gasteiger partial charge in [0.05, 0.1) is 17.2 Å². The van der Waals surface area contributed by atoms with Gasteiger partial charge < -0.3 is 0 Å². The molecule has 5 nitrogen and oxygen atoms in total. The molecule has 1 aromatic carbocycles. The lowest BCUT2D eigenvalue weighted by Gasteiger charge is -1.97. The number of nitrogens with zero attached hydrogens (tertiary/aromatic N) is 4. The van der Waals surface area contributed by atoms with Crippen LogP contribution in [0.4, 0.5) is 4.48 Å². The highest BCUT2D eigenvalue weighted by Crippen LogP contribution is 2.10. The van der Waals surface area contributed by atoms with Gasteiger partial charge in [-0.3, -0.25) is 4.98 Å². The molecule has 0 aliphatic rings. The molecule has 3 rings (SSSR count). The molecule has 2 heterocycles. The van der Waals surface area contributed by atoms with Crippen LogP contribution in [0, 0.1) is 0 Å². The minimum Gasteiger partial charge on any atom is -0.251 e. The number of aromatic nitrogens is 4. The molecule has 0 radical (unpaired) electrons. The first kappa shape index (κ1) is 8.10. The maximum Gasteiger partial charge on any atom is 0.380 e. The fourth-order valence-electron chi connectivity index (χ4n) is 1.56. The Hall–Kier alpha value is -2.24. The van der Waals surface area contributed by atoms with Gasteiger partial charge in [0, 0.05) is 0 Å². The van der Waals surface area contributed by atoms with Crippen molar-refractivity contribution in [3.8, 4) is 0 Å². The Morgan fingerprint density at radius 3 is 2.93 bits per heavy atom. The van der Waals surface area contributed by atoms with E-state index < -0.39 is 5.69 Å². The predicted molar refractivity (Wildman–Crippen MR) is 51.3 cm³/mol. The van der Waals surface area contributed by atoms with Gasteiger partial charge in [0.25, 0.3) is 0 Å². The first-order valence-corrected chi connectivity index (χ1v) is 4.29. The fourth-order valence-corrected chi connectivity index (χ4v) is 1.56. The van der Waals surface area contributed by atoms with Crippen molar-refractivity contribution in [2.24, 2.45) is 0 Å². The molecule has 0 unspecified atom stereocenters. The van der Waals surface area contributed by atoms with E-state index in [4.69, 9.17) is 0 Å². The van der Waals surface area contributed by atoms with E-state index in [1.54, 1.807) is 24.3 Å². The number of hydrogen-bond donors (Lipinski definition) is 0. The van der Waals surface area contributed by atoms with Crippen molar-refractivity contribution in [3.05, 3.63) is 40.9 Å². The van der Waals surface area contributed by atoms with E-state index >= 15 is 0 Å². The maximum absolute atomic E-state index is 12.9. The second kappa shape index (κ2) is 2.63. The normalized spacial score (nSPS) is 11.3. The van der Waals surface area contributed by atoms with Gasteiger partial charge in [-0.15, -0.1) is 5.10 Å². The van der Waals surface area contributed by atoms with Crippen molar-refractivity contribution in [3.63, 3.8) is 0 Å². The lowest BCUT2D eigenvalue weighted by atomic mass is 10.3. The van der Waals surface area contributed by atoms with Gasteiger partial charge in [0.1, 0.15) is 0 Å². The molecule has 0 saturated heterocycles. The minimum absolute atomic E-state index is 0.191. The maximum atomic E-state index is 12.9. The third kappa shape index (κ3) is 0.983. The predicted octanol–water partition coefficient (Wildman–Crippen LogP) is 0.777. The van der Waals surface area contributed by atoms with Crippen molar-refractivity contribution in [1.82, 2.24) is 19.4 Å². The van der Waals surface area contributed by atoms with Crippen molar-refractivity contribution in [2.75, 3.05) is 0 Å². The van der Waals surface area contributed by atoms with Crippen LogP contribution in [0.1, 0.15) is 0 Å². The molecule has 15 heavy (non-hydrogen) atoms. The Morgan fingerprint density at radius 1 is 1.27 bits per heavy atom. The Morgan fingerprint density at radius 2 is 2.07 bits per heavy atom. The summed E-state index contributed by atoms with van der Waals surface area (Å²) in [5.74, 6) is 0. The van der Waals surface area contributed by atoms with Gasteiger partial charge in [-0.05, 0) is 17.0 Å². The van der Waals surface area contributed by atoms with Crippen molar-refractivity contribution in [1.29, 1.82) is 0 Å². The number of benzene rings is 1. The SMILES string of the molecule is O=c1n(F)nc2cnc3ccccc3n12. The van der Waals surface area contributed by atoms with E-state index in [1.165, 1.54) is 10.6 Å². The molecule has 0 aliphatic carbocycles. The largest absolute Gasteiger partial charge is 0.380 e. The molecule has 74 valence electrons. The summed E-state index contributed by atoms with van der Waals surface area (Å²) in [6.45, 7) is 0. The summed E-state index contributed by atoms with van der Waals surface area (Å²) in [5, 5.41) is 3.40. The molecular formula is C9H5FN4O. The molecule has 0 spiro atoms. The number of rotatable bonds is 0. The summed E-state index contributed by atoms with van der Waals surface area (Å²) in [5.41, 5.74) is 0.550. The van der Waals surface area contributed by atoms with E-state index in [0.29, 0.717) is 11.0 Å². The highest BCUT2D eigenvalue weighted by molar-refractivity contribution is 5.76.